The Bertz CT molecular complexity index is 75.4. The fraction of sp³-hybridized carbons (Fsp3) is 1.00. The summed E-state index contributed by atoms with van der Waals surface area (Å²) in [5.74, 6) is 0. The summed E-state index contributed by atoms with van der Waals surface area (Å²) in [4.78, 5) is 0. The van der Waals surface area contributed by atoms with Gasteiger partial charge in [0.25, 0.3) is 0 Å². The molecule has 0 aliphatic carbocycles. The van der Waals surface area contributed by atoms with E-state index in [1.165, 1.54) is 14.2 Å². The normalized spacial score (nSPS) is 12.0. The van der Waals surface area contributed by atoms with Crippen molar-refractivity contribution in [2.75, 3.05) is 14.2 Å². The van der Waals surface area contributed by atoms with Crippen molar-refractivity contribution in [2.45, 2.75) is 19.4 Å². The highest BCUT2D eigenvalue weighted by molar-refractivity contribution is 6.59. The molecule has 0 amide bonds. The molecule has 0 spiro atoms. The van der Waals surface area contributed by atoms with Crippen LogP contribution in [0.3, 0.4) is 0 Å². The van der Waals surface area contributed by atoms with Gasteiger partial charge in [-0.25, -0.2) is 4.11 Å². The van der Waals surface area contributed by atoms with Crippen LogP contribution < -0.4 is 0 Å². The molecule has 0 heterocycles. The second-order valence-electron chi connectivity index (χ2n) is 1.82. The topological polar surface area (TPSA) is 18.5 Å². The molecule has 0 saturated heterocycles. The summed E-state index contributed by atoms with van der Waals surface area (Å²) in [6.07, 6.45) is 0.768. The summed E-state index contributed by atoms with van der Waals surface area (Å²) < 4.78 is 22.1. The number of halogens is 1. The first kappa shape index (κ1) is 9.07. The molecule has 0 fully saturated rings. The number of rotatable bonds is 4. The van der Waals surface area contributed by atoms with Gasteiger partial charge in [-0.05, 0) is 0 Å². The molecule has 0 N–H and O–H groups in total. The lowest BCUT2D eigenvalue weighted by Crippen LogP contribution is -2.34. The van der Waals surface area contributed by atoms with Gasteiger partial charge in [0.15, 0.2) is 0 Å². The summed E-state index contributed by atoms with van der Waals surface area (Å²) in [5.41, 5.74) is 0. The highest BCUT2D eigenvalue weighted by Gasteiger charge is 2.35. The second-order valence-corrected chi connectivity index (χ2v) is 4.45. The molecule has 0 unspecified atom stereocenters. The van der Waals surface area contributed by atoms with E-state index in [4.69, 9.17) is 0 Å². The van der Waals surface area contributed by atoms with Gasteiger partial charge < -0.3 is 8.85 Å². The first-order chi connectivity index (χ1) is 4.18. The lowest BCUT2D eigenvalue weighted by molar-refractivity contribution is 0.192. The van der Waals surface area contributed by atoms with Crippen molar-refractivity contribution in [1.82, 2.24) is 0 Å². The molecular formula is C5H13FO2Si. The highest BCUT2D eigenvalue weighted by atomic mass is 28.4. The van der Waals surface area contributed by atoms with Crippen LogP contribution >= 0.6 is 0 Å². The summed E-state index contributed by atoms with van der Waals surface area (Å²) >= 11 is 0. The molecule has 56 valence electrons. The summed E-state index contributed by atoms with van der Waals surface area (Å²) in [7, 11) is -0.492. The average molecular weight is 152 g/mol. The zero-order valence-corrected chi connectivity index (χ0v) is 7.11. The Balaban J connectivity index is 3.62. The Morgan fingerprint density at radius 3 is 1.89 bits per heavy atom. The number of hydrogen-bond acceptors (Lipinski definition) is 2. The Kier molecular flexibility index (Phi) is 4.00. The molecule has 0 rings (SSSR count). The van der Waals surface area contributed by atoms with Crippen LogP contribution in [0.25, 0.3) is 0 Å². The van der Waals surface area contributed by atoms with Gasteiger partial charge in [-0.2, -0.15) is 0 Å². The third-order valence-electron chi connectivity index (χ3n) is 1.16. The predicted octanol–water partition coefficient (Wildman–Crippen LogP) is 1.60. The van der Waals surface area contributed by atoms with Crippen molar-refractivity contribution in [3.8, 4) is 0 Å². The van der Waals surface area contributed by atoms with Gasteiger partial charge in [-0.15, -0.1) is 0 Å². The van der Waals surface area contributed by atoms with Gasteiger partial charge in [-0.1, -0.05) is 13.3 Å². The van der Waals surface area contributed by atoms with Crippen LogP contribution in [0.1, 0.15) is 13.3 Å². The van der Waals surface area contributed by atoms with E-state index in [1.807, 2.05) is 6.92 Å². The van der Waals surface area contributed by atoms with Crippen LogP contribution in [0.5, 0.6) is 0 Å². The highest BCUT2D eigenvalue weighted by Crippen LogP contribution is 2.14. The van der Waals surface area contributed by atoms with Gasteiger partial charge in [-0.3, -0.25) is 0 Å². The van der Waals surface area contributed by atoms with E-state index in [2.05, 4.69) is 8.85 Å². The molecule has 0 aliphatic heterocycles. The van der Waals surface area contributed by atoms with Crippen molar-refractivity contribution in [1.29, 1.82) is 0 Å². The third kappa shape index (κ3) is 2.93. The molecular weight excluding hydrogens is 139 g/mol. The fourth-order valence-electron chi connectivity index (χ4n) is 0.586. The van der Waals surface area contributed by atoms with Gasteiger partial charge in [0.1, 0.15) is 0 Å². The molecule has 0 aromatic carbocycles. The first-order valence-electron chi connectivity index (χ1n) is 2.97. The summed E-state index contributed by atoms with van der Waals surface area (Å²) in [6.45, 7) is 1.90. The maximum atomic E-state index is 12.9. The Morgan fingerprint density at radius 1 is 1.33 bits per heavy atom. The molecule has 0 bridgehead atoms. The third-order valence-corrected chi connectivity index (χ3v) is 3.47. The Labute approximate surface area is 56.4 Å². The Morgan fingerprint density at radius 2 is 1.78 bits per heavy atom. The molecule has 0 aromatic heterocycles. The number of hydrogen-bond donors (Lipinski definition) is 0. The smallest absolute Gasteiger partial charge is 0.374 e. The van der Waals surface area contributed by atoms with Crippen LogP contribution in [0.15, 0.2) is 0 Å². The predicted molar refractivity (Wildman–Crippen MR) is 36.0 cm³/mol. The van der Waals surface area contributed by atoms with Gasteiger partial charge in [0.2, 0.25) is 0 Å². The molecule has 0 saturated carbocycles. The summed E-state index contributed by atoms with van der Waals surface area (Å²) in [5, 5.41) is 0. The standard InChI is InChI=1S/C5H13FO2Si/c1-4-5-9(6,7-2)8-3/h4-5H2,1-3H3. The van der Waals surface area contributed by atoms with E-state index in [1.54, 1.807) is 0 Å². The second kappa shape index (κ2) is 3.98. The largest absolute Gasteiger partial charge is 0.539 e. The van der Waals surface area contributed by atoms with E-state index in [0.717, 1.165) is 6.42 Å². The summed E-state index contributed by atoms with van der Waals surface area (Å²) in [6, 6.07) is 0.417. The van der Waals surface area contributed by atoms with Crippen molar-refractivity contribution in [3.05, 3.63) is 0 Å². The van der Waals surface area contributed by atoms with Crippen LogP contribution in [0.4, 0.5) is 4.11 Å². The molecule has 4 heteroatoms. The average Bonchev–Trinajstić information content (AvgIpc) is 1.89. The molecule has 2 nitrogen and oxygen atoms in total. The first-order valence-corrected chi connectivity index (χ1v) is 4.88. The molecule has 9 heavy (non-hydrogen) atoms. The van der Waals surface area contributed by atoms with Crippen molar-refractivity contribution in [2.24, 2.45) is 0 Å². The maximum absolute atomic E-state index is 12.9. The Hall–Kier alpha value is 0.0669. The van der Waals surface area contributed by atoms with Crippen molar-refractivity contribution in [3.63, 3.8) is 0 Å². The molecule has 0 aliphatic rings. The van der Waals surface area contributed by atoms with E-state index in [9.17, 15) is 4.11 Å². The minimum atomic E-state index is -3.20. The van der Waals surface area contributed by atoms with E-state index in [0.29, 0.717) is 6.04 Å². The lowest BCUT2D eigenvalue weighted by Gasteiger charge is -2.15. The van der Waals surface area contributed by atoms with Crippen LogP contribution in [-0.4, -0.2) is 23.1 Å². The lowest BCUT2D eigenvalue weighted by atomic mass is 10.6. The van der Waals surface area contributed by atoms with E-state index >= 15 is 0 Å². The SMILES string of the molecule is CCC[Si](F)(OC)OC. The molecule has 0 aromatic rings. The van der Waals surface area contributed by atoms with E-state index < -0.39 is 8.89 Å². The van der Waals surface area contributed by atoms with Crippen molar-refractivity contribution < 1.29 is 13.0 Å². The minimum absolute atomic E-state index is 0.417. The monoisotopic (exact) mass is 152 g/mol. The quantitative estimate of drug-likeness (QED) is 0.450. The zero-order valence-electron chi connectivity index (χ0n) is 6.11. The van der Waals surface area contributed by atoms with Gasteiger partial charge in [0, 0.05) is 20.3 Å². The van der Waals surface area contributed by atoms with Crippen LogP contribution in [-0.2, 0) is 8.85 Å². The van der Waals surface area contributed by atoms with E-state index in [-0.39, 0.29) is 0 Å². The van der Waals surface area contributed by atoms with Gasteiger partial charge in [0.05, 0.1) is 0 Å². The fourth-order valence-corrected chi connectivity index (χ4v) is 1.76. The zero-order chi connectivity index (χ0) is 7.33. The van der Waals surface area contributed by atoms with Gasteiger partial charge >= 0.3 is 8.89 Å². The van der Waals surface area contributed by atoms with Crippen LogP contribution in [0, 0.1) is 0 Å². The van der Waals surface area contributed by atoms with Crippen LogP contribution in [0.2, 0.25) is 6.04 Å². The minimum Gasteiger partial charge on any atom is -0.374 e. The molecule has 0 radical (unpaired) electrons. The molecule has 0 atom stereocenters. The maximum Gasteiger partial charge on any atom is 0.539 e. The van der Waals surface area contributed by atoms with Crippen molar-refractivity contribution >= 4 is 8.89 Å².